The minimum atomic E-state index is 0.335. The van der Waals surface area contributed by atoms with E-state index in [0.29, 0.717) is 13.3 Å². The van der Waals surface area contributed by atoms with Crippen LogP contribution in [0.2, 0.25) is 0 Å². The minimum absolute atomic E-state index is 0.335. The number of hydrogen-bond donors (Lipinski definition) is 0. The van der Waals surface area contributed by atoms with E-state index < -0.39 is 0 Å². The summed E-state index contributed by atoms with van der Waals surface area (Å²) in [6.45, 7) is 11.6. The first-order chi connectivity index (χ1) is 3.92. The lowest BCUT2D eigenvalue weighted by atomic mass is 9.94. The Hall–Kier alpha value is 0.430. The molecule has 0 fully saturated rings. The predicted molar refractivity (Wildman–Crippen MR) is 47.7 cm³/mol. The third-order valence-electron chi connectivity index (χ3n) is 1.31. The van der Waals surface area contributed by atoms with Crippen LogP contribution in [0.1, 0.15) is 27.2 Å². The molecule has 0 saturated carbocycles. The van der Waals surface area contributed by atoms with Gasteiger partial charge in [0.05, 0.1) is 0 Å². The van der Waals surface area contributed by atoms with Gasteiger partial charge in [-0.25, -0.2) is 0 Å². The maximum atomic E-state index is 2.35. The van der Waals surface area contributed by atoms with Gasteiger partial charge in [-0.2, -0.15) is 0 Å². The summed E-state index contributed by atoms with van der Waals surface area (Å²) < 4.78 is 0. The zero-order chi connectivity index (χ0) is 7.49. The minimum Gasteiger partial charge on any atom is -0.113 e. The lowest BCUT2D eigenvalue weighted by molar-refractivity contribution is 0.400. The highest BCUT2D eigenvalue weighted by Crippen LogP contribution is 2.31. The molecular formula is C8H19P. The zero-order valence-corrected chi connectivity index (χ0v) is 8.26. The number of rotatable bonds is 2. The molecular weight excluding hydrogens is 127 g/mol. The fourth-order valence-electron chi connectivity index (χ4n) is 0.559. The predicted octanol–water partition coefficient (Wildman–Crippen LogP) is 3.16. The molecule has 0 aromatic carbocycles. The largest absolute Gasteiger partial charge is 0.113 e. The van der Waals surface area contributed by atoms with Crippen LogP contribution in [0.5, 0.6) is 0 Å². The molecule has 0 spiro atoms. The van der Waals surface area contributed by atoms with Crippen molar-refractivity contribution in [1.29, 1.82) is 0 Å². The second kappa shape index (κ2) is 3.56. The Balaban J connectivity index is 3.28. The average Bonchev–Trinajstić information content (AvgIpc) is 1.59. The van der Waals surface area contributed by atoms with E-state index in [9.17, 15) is 0 Å². The first-order valence-electron chi connectivity index (χ1n) is 3.56. The summed E-state index contributed by atoms with van der Waals surface area (Å²) in [7, 11) is 0.335. The fraction of sp³-hybridized carbons (Fsp3) is 1.00. The van der Waals surface area contributed by atoms with Crippen LogP contribution in [0.25, 0.3) is 0 Å². The van der Waals surface area contributed by atoms with Crippen molar-refractivity contribution >= 4 is 7.92 Å². The van der Waals surface area contributed by atoms with Gasteiger partial charge in [0.1, 0.15) is 0 Å². The lowest BCUT2D eigenvalue weighted by Gasteiger charge is -2.18. The lowest BCUT2D eigenvalue weighted by Crippen LogP contribution is -2.06. The normalized spacial score (nSPS) is 12.7. The van der Waals surface area contributed by atoms with Crippen LogP contribution in [0, 0.1) is 5.41 Å². The van der Waals surface area contributed by atoms with E-state index in [0.717, 1.165) is 0 Å². The standard InChI is InChI=1S/C8H19P/c1-8(2,3)6-7-9(4)5/h6-7H2,1-5H3. The van der Waals surface area contributed by atoms with Gasteiger partial charge in [-0.05, 0) is 31.3 Å². The van der Waals surface area contributed by atoms with E-state index in [4.69, 9.17) is 0 Å². The van der Waals surface area contributed by atoms with E-state index in [2.05, 4.69) is 34.1 Å². The van der Waals surface area contributed by atoms with Gasteiger partial charge in [0.15, 0.2) is 0 Å². The van der Waals surface area contributed by atoms with Gasteiger partial charge in [-0.15, -0.1) is 7.92 Å². The first kappa shape index (κ1) is 9.43. The van der Waals surface area contributed by atoms with E-state index in [-0.39, 0.29) is 0 Å². The van der Waals surface area contributed by atoms with Gasteiger partial charge in [0, 0.05) is 0 Å². The molecule has 56 valence electrons. The average molecular weight is 146 g/mol. The zero-order valence-electron chi connectivity index (χ0n) is 7.36. The molecule has 0 aromatic heterocycles. The monoisotopic (exact) mass is 146 g/mol. The summed E-state index contributed by atoms with van der Waals surface area (Å²) in [6.07, 6.45) is 2.81. The van der Waals surface area contributed by atoms with Gasteiger partial charge in [-0.3, -0.25) is 0 Å². The van der Waals surface area contributed by atoms with Crippen molar-refractivity contribution in [3.8, 4) is 0 Å². The quantitative estimate of drug-likeness (QED) is 0.525. The Morgan fingerprint density at radius 2 is 1.56 bits per heavy atom. The molecule has 9 heavy (non-hydrogen) atoms. The summed E-state index contributed by atoms with van der Waals surface area (Å²) in [4.78, 5) is 0. The highest BCUT2D eigenvalue weighted by molar-refractivity contribution is 7.55. The molecule has 1 heteroatoms. The molecule has 0 atom stereocenters. The maximum absolute atomic E-state index is 2.35. The molecule has 0 rings (SSSR count). The Morgan fingerprint density at radius 1 is 1.11 bits per heavy atom. The van der Waals surface area contributed by atoms with Crippen molar-refractivity contribution in [2.24, 2.45) is 5.41 Å². The highest BCUT2D eigenvalue weighted by atomic mass is 31.1. The number of hydrogen-bond acceptors (Lipinski definition) is 0. The van der Waals surface area contributed by atoms with Gasteiger partial charge in [0.25, 0.3) is 0 Å². The molecule has 0 aliphatic heterocycles. The van der Waals surface area contributed by atoms with E-state index in [1.807, 2.05) is 0 Å². The topological polar surface area (TPSA) is 0 Å². The Labute approximate surface area is 60.8 Å². The Morgan fingerprint density at radius 3 is 1.67 bits per heavy atom. The second-order valence-corrected chi connectivity index (χ2v) is 6.72. The Kier molecular flexibility index (Phi) is 3.73. The molecule has 0 heterocycles. The smallest absolute Gasteiger partial charge is 0.0326 e. The van der Waals surface area contributed by atoms with Crippen LogP contribution < -0.4 is 0 Å². The van der Waals surface area contributed by atoms with Crippen molar-refractivity contribution < 1.29 is 0 Å². The van der Waals surface area contributed by atoms with E-state index in [1.165, 1.54) is 12.6 Å². The van der Waals surface area contributed by atoms with Crippen molar-refractivity contribution in [2.45, 2.75) is 27.2 Å². The summed E-state index contributed by atoms with van der Waals surface area (Å²) in [5.74, 6) is 0. The van der Waals surface area contributed by atoms with Gasteiger partial charge in [-0.1, -0.05) is 20.8 Å². The molecule has 0 aliphatic carbocycles. The van der Waals surface area contributed by atoms with Gasteiger partial charge < -0.3 is 0 Å². The van der Waals surface area contributed by atoms with Crippen LogP contribution >= 0.6 is 7.92 Å². The molecule has 0 radical (unpaired) electrons. The highest BCUT2D eigenvalue weighted by Gasteiger charge is 2.09. The molecule has 0 saturated heterocycles. The van der Waals surface area contributed by atoms with Crippen molar-refractivity contribution in [1.82, 2.24) is 0 Å². The van der Waals surface area contributed by atoms with Gasteiger partial charge >= 0.3 is 0 Å². The molecule has 0 aliphatic rings. The van der Waals surface area contributed by atoms with Crippen molar-refractivity contribution in [2.75, 3.05) is 19.5 Å². The third kappa shape index (κ3) is 8.43. The summed E-state index contributed by atoms with van der Waals surface area (Å²) in [5, 5.41) is 0. The SMILES string of the molecule is CP(C)CCC(C)(C)C. The molecule has 0 amide bonds. The maximum Gasteiger partial charge on any atom is -0.0326 e. The Bertz CT molecular complexity index is 69.1. The molecule has 0 unspecified atom stereocenters. The summed E-state index contributed by atoms with van der Waals surface area (Å²) in [5.41, 5.74) is 0.548. The van der Waals surface area contributed by atoms with E-state index in [1.54, 1.807) is 0 Å². The van der Waals surface area contributed by atoms with Crippen LogP contribution in [0.3, 0.4) is 0 Å². The van der Waals surface area contributed by atoms with Crippen molar-refractivity contribution in [3.63, 3.8) is 0 Å². The van der Waals surface area contributed by atoms with E-state index >= 15 is 0 Å². The molecule has 0 N–H and O–H groups in total. The van der Waals surface area contributed by atoms with Crippen molar-refractivity contribution in [3.05, 3.63) is 0 Å². The fourth-order valence-corrected chi connectivity index (χ4v) is 1.68. The molecule has 0 aromatic rings. The van der Waals surface area contributed by atoms with Crippen LogP contribution in [0.4, 0.5) is 0 Å². The van der Waals surface area contributed by atoms with Crippen LogP contribution in [0.15, 0.2) is 0 Å². The van der Waals surface area contributed by atoms with Gasteiger partial charge in [0.2, 0.25) is 0 Å². The molecule has 0 bridgehead atoms. The van der Waals surface area contributed by atoms with Crippen LogP contribution in [-0.4, -0.2) is 19.5 Å². The third-order valence-corrected chi connectivity index (χ3v) is 2.43. The first-order valence-corrected chi connectivity index (χ1v) is 5.99. The molecule has 0 nitrogen and oxygen atoms in total. The summed E-state index contributed by atoms with van der Waals surface area (Å²) in [6, 6.07) is 0. The second-order valence-electron chi connectivity index (χ2n) is 4.11. The van der Waals surface area contributed by atoms with Crippen LogP contribution in [-0.2, 0) is 0 Å². The summed E-state index contributed by atoms with van der Waals surface area (Å²) >= 11 is 0.